The lowest BCUT2D eigenvalue weighted by Crippen LogP contribution is -2.42. The molecule has 3 rings (SSSR count). The summed E-state index contributed by atoms with van der Waals surface area (Å²) in [5.41, 5.74) is 2.63. The molecular formula is C21H27N3O3. The minimum atomic E-state index is -0.274. The zero-order valence-electron chi connectivity index (χ0n) is 16.1. The van der Waals surface area contributed by atoms with Gasteiger partial charge in [-0.2, -0.15) is 0 Å². The lowest BCUT2D eigenvalue weighted by molar-refractivity contribution is -0.131. The van der Waals surface area contributed by atoms with Crippen LogP contribution in [0.4, 0.5) is 0 Å². The third-order valence-corrected chi connectivity index (χ3v) is 5.05. The molecule has 1 aromatic carbocycles. The van der Waals surface area contributed by atoms with Gasteiger partial charge in [0.15, 0.2) is 5.76 Å². The Kier molecular flexibility index (Phi) is 6.29. The van der Waals surface area contributed by atoms with Gasteiger partial charge in [-0.1, -0.05) is 24.3 Å². The maximum absolute atomic E-state index is 12.6. The molecule has 6 heteroatoms. The second-order valence-electron chi connectivity index (χ2n) is 7.08. The lowest BCUT2D eigenvalue weighted by atomic mass is 10.1. The molecule has 144 valence electrons. The molecule has 0 atom stereocenters. The number of likely N-dealkylation sites (N-methyl/N-ethyl adjacent to an activating group) is 1. The Hall–Kier alpha value is -2.60. The van der Waals surface area contributed by atoms with Gasteiger partial charge in [0.25, 0.3) is 5.91 Å². The van der Waals surface area contributed by atoms with E-state index in [4.69, 9.17) is 4.42 Å². The van der Waals surface area contributed by atoms with E-state index in [1.165, 1.54) is 22.3 Å². The van der Waals surface area contributed by atoms with Crippen molar-refractivity contribution in [3.63, 3.8) is 0 Å². The van der Waals surface area contributed by atoms with E-state index >= 15 is 0 Å². The maximum atomic E-state index is 12.6. The molecule has 0 spiro atoms. The molecule has 2 aromatic rings. The van der Waals surface area contributed by atoms with Crippen molar-refractivity contribution in [3.05, 3.63) is 59.5 Å². The highest BCUT2D eigenvalue weighted by atomic mass is 16.3. The smallest absolute Gasteiger partial charge is 0.289 e. The molecule has 0 saturated carbocycles. The average molecular weight is 369 g/mol. The normalized spacial score (nSPS) is 15.4. The van der Waals surface area contributed by atoms with E-state index < -0.39 is 0 Å². The number of nitrogens with zero attached hydrogens (tertiary/aromatic N) is 3. The molecule has 1 aliphatic heterocycles. The van der Waals surface area contributed by atoms with Crippen LogP contribution < -0.4 is 0 Å². The highest BCUT2D eigenvalue weighted by Crippen LogP contribution is 2.13. The molecule has 0 radical (unpaired) electrons. The molecule has 1 saturated heterocycles. The highest BCUT2D eigenvalue weighted by molar-refractivity contribution is 5.94. The number of hydrogen-bond acceptors (Lipinski definition) is 4. The number of benzene rings is 1. The molecule has 1 aliphatic rings. The summed E-state index contributed by atoms with van der Waals surface area (Å²) in [6.07, 6.45) is 2.40. The van der Waals surface area contributed by atoms with Crippen LogP contribution in [0.5, 0.6) is 0 Å². The monoisotopic (exact) mass is 369 g/mol. The number of rotatable bonds is 5. The van der Waals surface area contributed by atoms with Crippen LogP contribution in [0.1, 0.15) is 28.1 Å². The van der Waals surface area contributed by atoms with Crippen LogP contribution in [-0.2, 0) is 11.3 Å². The Morgan fingerprint density at radius 2 is 1.89 bits per heavy atom. The van der Waals surface area contributed by atoms with E-state index in [-0.39, 0.29) is 24.1 Å². The standard InChI is InChI=1S/C21H27N3O3/c1-17-7-3-4-8-18(17)15-23-10-6-11-24(13-12-23)20(25)16-22(2)21(26)19-9-5-14-27-19/h3-5,7-9,14H,6,10-13,15-16H2,1-2H3. The first-order valence-electron chi connectivity index (χ1n) is 9.38. The fraction of sp³-hybridized carbons (Fsp3) is 0.429. The summed E-state index contributed by atoms with van der Waals surface area (Å²) in [6, 6.07) is 11.7. The Morgan fingerprint density at radius 1 is 1.07 bits per heavy atom. The molecule has 6 nitrogen and oxygen atoms in total. The predicted octanol–water partition coefficient (Wildman–Crippen LogP) is 2.39. The van der Waals surface area contributed by atoms with Gasteiger partial charge in [0.2, 0.25) is 5.91 Å². The van der Waals surface area contributed by atoms with Crippen molar-refractivity contribution in [1.29, 1.82) is 0 Å². The first-order chi connectivity index (χ1) is 13.0. The van der Waals surface area contributed by atoms with Crippen molar-refractivity contribution >= 4 is 11.8 Å². The van der Waals surface area contributed by atoms with Gasteiger partial charge in [0.1, 0.15) is 0 Å². The molecule has 1 aromatic heterocycles. The van der Waals surface area contributed by atoms with Crippen molar-refractivity contribution in [2.24, 2.45) is 0 Å². The summed E-state index contributed by atoms with van der Waals surface area (Å²) in [7, 11) is 1.63. The Labute approximate surface area is 160 Å². The lowest BCUT2D eigenvalue weighted by Gasteiger charge is -2.24. The Bertz CT molecular complexity index is 773. The summed E-state index contributed by atoms with van der Waals surface area (Å²) in [4.78, 5) is 30.5. The van der Waals surface area contributed by atoms with E-state index in [2.05, 4.69) is 36.1 Å². The minimum absolute atomic E-state index is 0.0184. The Morgan fingerprint density at radius 3 is 2.63 bits per heavy atom. The third kappa shape index (κ3) is 4.98. The zero-order chi connectivity index (χ0) is 19.2. The van der Waals surface area contributed by atoms with E-state index in [1.54, 1.807) is 19.2 Å². The molecule has 0 bridgehead atoms. The predicted molar refractivity (Wildman–Crippen MR) is 103 cm³/mol. The van der Waals surface area contributed by atoms with Gasteiger partial charge in [-0.15, -0.1) is 0 Å². The van der Waals surface area contributed by atoms with E-state index in [0.717, 1.165) is 32.6 Å². The summed E-state index contributed by atoms with van der Waals surface area (Å²) in [5.74, 6) is -0.0370. The molecule has 0 aliphatic carbocycles. The second-order valence-corrected chi connectivity index (χ2v) is 7.08. The molecule has 1 fully saturated rings. The largest absolute Gasteiger partial charge is 0.459 e. The van der Waals surface area contributed by atoms with Crippen LogP contribution in [0.15, 0.2) is 47.1 Å². The van der Waals surface area contributed by atoms with Crippen LogP contribution >= 0.6 is 0 Å². The molecule has 0 N–H and O–H groups in total. The van der Waals surface area contributed by atoms with Crippen molar-refractivity contribution in [1.82, 2.24) is 14.7 Å². The fourth-order valence-corrected chi connectivity index (χ4v) is 3.37. The van der Waals surface area contributed by atoms with Crippen LogP contribution in [0.2, 0.25) is 0 Å². The van der Waals surface area contributed by atoms with Gasteiger partial charge in [0, 0.05) is 39.8 Å². The van der Waals surface area contributed by atoms with Crippen LogP contribution in [0.3, 0.4) is 0 Å². The number of aryl methyl sites for hydroxylation is 1. The minimum Gasteiger partial charge on any atom is -0.459 e. The number of carbonyl (C=O) groups is 2. The highest BCUT2D eigenvalue weighted by Gasteiger charge is 2.23. The first-order valence-corrected chi connectivity index (χ1v) is 9.38. The number of hydrogen-bond donors (Lipinski definition) is 0. The molecular weight excluding hydrogens is 342 g/mol. The van der Waals surface area contributed by atoms with Gasteiger partial charge in [-0.3, -0.25) is 14.5 Å². The summed E-state index contributed by atoms with van der Waals surface area (Å²) < 4.78 is 5.12. The van der Waals surface area contributed by atoms with E-state index in [0.29, 0.717) is 6.54 Å². The van der Waals surface area contributed by atoms with Gasteiger partial charge in [-0.25, -0.2) is 0 Å². The Balaban J connectivity index is 1.52. The summed E-state index contributed by atoms with van der Waals surface area (Å²) >= 11 is 0. The van der Waals surface area contributed by atoms with Crippen LogP contribution in [-0.4, -0.2) is 66.3 Å². The summed E-state index contributed by atoms with van der Waals surface area (Å²) in [5, 5.41) is 0. The van der Waals surface area contributed by atoms with Gasteiger partial charge < -0.3 is 14.2 Å². The topological polar surface area (TPSA) is 57.0 Å². The molecule has 27 heavy (non-hydrogen) atoms. The maximum Gasteiger partial charge on any atom is 0.289 e. The van der Waals surface area contributed by atoms with Gasteiger partial charge in [0.05, 0.1) is 12.8 Å². The van der Waals surface area contributed by atoms with Crippen molar-refractivity contribution in [2.75, 3.05) is 39.8 Å². The SMILES string of the molecule is Cc1ccccc1CN1CCCN(C(=O)CN(C)C(=O)c2ccco2)CC1. The quantitative estimate of drug-likeness (QED) is 0.812. The molecule has 2 amide bonds. The summed E-state index contributed by atoms with van der Waals surface area (Å²) in [6.45, 7) is 6.34. The van der Waals surface area contributed by atoms with Crippen molar-refractivity contribution < 1.29 is 14.0 Å². The average Bonchev–Trinajstić information content (AvgIpc) is 3.09. The third-order valence-electron chi connectivity index (χ3n) is 5.05. The van der Waals surface area contributed by atoms with Gasteiger partial charge >= 0.3 is 0 Å². The number of furan rings is 1. The fourth-order valence-electron chi connectivity index (χ4n) is 3.37. The number of amides is 2. The first kappa shape index (κ1) is 19.2. The molecule has 0 unspecified atom stereocenters. The van der Waals surface area contributed by atoms with Crippen molar-refractivity contribution in [2.45, 2.75) is 19.9 Å². The van der Waals surface area contributed by atoms with E-state index in [1.807, 2.05) is 4.90 Å². The van der Waals surface area contributed by atoms with E-state index in [9.17, 15) is 9.59 Å². The number of carbonyl (C=O) groups excluding carboxylic acids is 2. The van der Waals surface area contributed by atoms with Crippen molar-refractivity contribution in [3.8, 4) is 0 Å². The van der Waals surface area contributed by atoms with Crippen LogP contribution in [0.25, 0.3) is 0 Å². The van der Waals surface area contributed by atoms with Crippen LogP contribution in [0, 0.1) is 6.92 Å². The van der Waals surface area contributed by atoms with Gasteiger partial charge in [-0.05, 0) is 36.6 Å². The second kappa shape index (κ2) is 8.86. The zero-order valence-corrected chi connectivity index (χ0v) is 16.1. The molecule has 2 heterocycles.